The fourth-order valence-electron chi connectivity index (χ4n) is 3.78. The average Bonchev–Trinajstić information content (AvgIpc) is 3.10. The highest BCUT2D eigenvalue weighted by Gasteiger charge is 2.19. The average molecular weight is 356 g/mol. The van der Waals surface area contributed by atoms with E-state index in [9.17, 15) is 4.79 Å². The first-order valence-corrected chi connectivity index (χ1v) is 9.46. The maximum Gasteiger partial charge on any atom is 0.223 e. The number of hydrogen-bond acceptors (Lipinski definition) is 1. The molecule has 1 aromatic heterocycles. The van der Waals surface area contributed by atoms with E-state index in [0.717, 1.165) is 17.5 Å². The molecule has 27 heavy (non-hydrogen) atoms. The third kappa shape index (κ3) is 3.45. The predicted octanol–water partition coefficient (Wildman–Crippen LogP) is 5.38. The molecule has 0 radical (unpaired) electrons. The van der Waals surface area contributed by atoms with Gasteiger partial charge in [-0.3, -0.25) is 4.79 Å². The van der Waals surface area contributed by atoms with Gasteiger partial charge in [-0.25, -0.2) is 0 Å². The van der Waals surface area contributed by atoms with E-state index >= 15 is 0 Å². The number of benzene rings is 3. The third-order valence-corrected chi connectivity index (χ3v) is 5.30. The Balaban J connectivity index is 1.49. The minimum absolute atomic E-state index is 0.0333. The number of aromatic nitrogens is 1. The van der Waals surface area contributed by atoms with Crippen molar-refractivity contribution >= 4 is 27.6 Å². The molecular weight excluding hydrogens is 332 g/mol. The number of para-hydroxylation sites is 1. The molecule has 0 bridgehead atoms. The summed E-state index contributed by atoms with van der Waals surface area (Å²) in [5, 5.41) is 6.78. The lowest BCUT2D eigenvalue weighted by atomic mass is 9.97. The van der Waals surface area contributed by atoms with Crippen LogP contribution in [0.2, 0.25) is 0 Å². The zero-order valence-electron chi connectivity index (χ0n) is 15.7. The Bertz CT molecular complexity index is 1090. The van der Waals surface area contributed by atoms with E-state index in [1.807, 2.05) is 37.4 Å². The minimum atomic E-state index is -0.0957. The largest absolute Gasteiger partial charge is 0.361 e. The quantitative estimate of drug-likeness (QED) is 0.495. The Morgan fingerprint density at radius 2 is 1.63 bits per heavy atom. The van der Waals surface area contributed by atoms with Crippen molar-refractivity contribution in [1.82, 2.24) is 10.3 Å². The summed E-state index contributed by atoms with van der Waals surface area (Å²) in [6.45, 7) is 4.05. The number of amides is 1. The van der Waals surface area contributed by atoms with E-state index < -0.39 is 0 Å². The molecule has 0 aliphatic heterocycles. The number of nitrogens with one attached hydrogen (secondary N) is 2. The summed E-state index contributed by atoms with van der Waals surface area (Å²) in [6.07, 6.45) is 2.74. The van der Waals surface area contributed by atoms with E-state index in [1.54, 1.807) is 0 Å². The molecule has 3 heteroatoms. The molecule has 136 valence electrons. The van der Waals surface area contributed by atoms with Crippen molar-refractivity contribution in [1.29, 1.82) is 0 Å². The minimum Gasteiger partial charge on any atom is -0.361 e. The van der Waals surface area contributed by atoms with Crippen molar-refractivity contribution in [3.05, 3.63) is 84.1 Å². The monoisotopic (exact) mass is 356 g/mol. The fraction of sp³-hybridized carbons (Fsp3) is 0.208. The normalized spacial score (nSPS) is 13.6. The summed E-state index contributed by atoms with van der Waals surface area (Å²) in [6, 6.07) is 22.7. The second kappa shape index (κ2) is 7.28. The smallest absolute Gasteiger partial charge is 0.223 e. The van der Waals surface area contributed by atoms with Gasteiger partial charge in [0.05, 0.1) is 6.04 Å². The van der Waals surface area contributed by atoms with Gasteiger partial charge in [0.2, 0.25) is 5.91 Å². The first-order valence-electron chi connectivity index (χ1n) is 9.46. The van der Waals surface area contributed by atoms with E-state index in [2.05, 4.69) is 59.7 Å². The summed E-state index contributed by atoms with van der Waals surface area (Å²) in [4.78, 5) is 16.1. The molecule has 0 spiro atoms. The highest BCUT2D eigenvalue weighted by atomic mass is 16.1. The molecule has 2 unspecified atom stereocenters. The van der Waals surface area contributed by atoms with Crippen molar-refractivity contribution in [2.75, 3.05) is 0 Å². The molecule has 3 aromatic carbocycles. The molecule has 0 saturated carbocycles. The number of aromatic amines is 1. The maximum atomic E-state index is 12.8. The van der Waals surface area contributed by atoms with Gasteiger partial charge in [-0.1, -0.05) is 67.6 Å². The van der Waals surface area contributed by atoms with Crippen LogP contribution in [-0.4, -0.2) is 10.9 Å². The van der Waals surface area contributed by atoms with Gasteiger partial charge in [-0.05, 0) is 41.3 Å². The summed E-state index contributed by atoms with van der Waals surface area (Å²) in [7, 11) is 0. The number of carbonyl (C=O) groups excluding carboxylic acids is 1. The van der Waals surface area contributed by atoms with Crippen LogP contribution < -0.4 is 5.32 Å². The highest BCUT2D eigenvalue weighted by molar-refractivity contribution is 5.87. The van der Waals surface area contributed by atoms with Gasteiger partial charge in [-0.15, -0.1) is 0 Å². The van der Waals surface area contributed by atoms with Gasteiger partial charge in [0, 0.05) is 23.0 Å². The van der Waals surface area contributed by atoms with E-state index in [1.165, 1.54) is 21.7 Å². The Labute approximate surface area is 159 Å². The molecule has 1 heterocycles. The first kappa shape index (κ1) is 17.3. The molecule has 0 aliphatic rings. The zero-order valence-corrected chi connectivity index (χ0v) is 15.7. The van der Waals surface area contributed by atoms with Gasteiger partial charge < -0.3 is 10.3 Å². The molecule has 2 atom stereocenters. The molecule has 1 amide bonds. The Morgan fingerprint density at radius 3 is 2.48 bits per heavy atom. The van der Waals surface area contributed by atoms with Crippen molar-refractivity contribution in [3.63, 3.8) is 0 Å². The van der Waals surface area contributed by atoms with Crippen LogP contribution in [0.25, 0.3) is 21.7 Å². The Hall–Kier alpha value is -3.07. The molecule has 2 N–H and O–H groups in total. The number of hydrogen-bond donors (Lipinski definition) is 2. The molecular formula is C24H24N2O. The highest BCUT2D eigenvalue weighted by Crippen LogP contribution is 2.25. The number of carbonyl (C=O) groups is 1. The van der Waals surface area contributed by atoms with Crippen molar-refractivity contribution in [2.24, 2.45) is 5.92 Å². The van der Waals surface area contributed by atoms with Crippen LogP contribution in [0, 0.1) is 5.92 Å². The third-order valence-electron chi connectivity index (χ3n) is 5.30. The van der Waals surface area contributed by atoms with E-state index in [0.29, 0.717) is 0 Å². The molecule has 4 rings (SSSR count). The number of rotatable bonds is 5. The fourth-order valence-corrected chi connectivity index (χ4v) is 3.78. The van der Waals surface area contributed by atoms with Crippen LogP contribution in [0.15, 0.2) is 72.9 Å². The molecule has 3 nitrogen and oxygen atoms in total. The first-order chi connectivity index (χ1) is 13.1. The predicted molar refractivity (Wildman–Crippen MR) is 112 cm³/mol. The summed E-state index contributed by atoms with van der Waals surface area (Å²) in [5.41, 5.74) is 3.45. The standard InChI is InChI=1S/C24H24N2O/c1-16(14-19-15-25-23-13-6-5-11-22(19)23)24(27)26-17(2)20-12-7-9-18-8-3-4-10-21(18)20/h3-13,15-17,25H,14H2,1-2H3,(H,26,27). The van der Waals surface area contributed by atoms with Gasteiger partial charge in [0.15, 0.2) is 0 Å². The lowest BCUT2D eigenvalue weighted by Gasteiger charge is -2.19. The van der Waals surface area contributed by atoms with Crippen molar-refractivity contribution < 1.29 is 4.79 Å². The maximum absolute atomic E-state index is 12.8. The summed E-state index contributed by atoms with van der Waals surface area (Å²) < 4.78 is 0. The topological polar surface area (TPSA) is 44.9 Å². The molecule has 4 aromatic rings. The van der Waals surface area contributed by atoms with Crippen LogP contribution >= 0.6 is 0 Å². The second-order valence-corrected chi connectivity index (χ2v) is 7.26. The Morgan fingerprint density at radius 1 is 0.926 bits per heavy atom. The lowest BCUT2D eigenvalue weighted by Crippen LogP contribution is -2.32. The van der Waals surface area contributed by atoms with E-state index in [4.69, 9.17) is 0 Å². The second-order valence-electron chi connectivity index (χ2n) is 7.26. The molecule has 0 saturated heterocycles. The van der Waals surface area contributed by atoms with Crippen molar-refractivity contribution in [2.45, 2.75) is 26.3 Å². The number of fused-ring (bicyclic) bond motifs is 2. The lowest BCUT2D eigenvalue weighted by molar-refractivity contribution is -0.125. The summed E-state index contributed by atoms with van der Waals surface area (Å²) in [5.74, 6) is -0.0117. The van der Waals surface area contributed by atoms with Crippen LogP contribution in [0.3, 0.4) is 0 Å². The Kier molecular flexibility index (Phi) is 4.68. The molecule has 0 aliphatic carbocycles. The van der Waals surface area contributed by atoms with Gasteiger partial charge in [-0.2, -0.15) is 0 Å². The van der Waals surface area contributed by atoms with Gasteiger partial charge >= 0.3 is 0 Å². The van der Waals surface area contributed by atoms with Crippen LogP contribution in [-0.2, 0) is 11.2 Å². The van der Waals surface area contributed by atoms with Crippen molar-refractivity contribution in [3.8, 4) is 0 Å². The van der Waals surface area contributed by atoms with Crippen LogP contribution in [0.1, 0.15) is 31.0 Å². The SMILES string of the molecule is CC(Cc1c[nH]c2ccccc12)C(=O)NC(C)c1cccc2ccccc12. The zero-order chi connectivity index (χ0) is 18.8. The summed E-state index contributed by atoms with van der Waals surface area (Å²) >= 11 is 0. The number of H-pyrrole nitrogens is 1. The van der Waals surface area contributed by atoms with E-state index in [-0.39, 0.29) is 17.9 Å². The van der Waals surface area contributed by atoms with Gasteiger partial charge in [0.25, 0.3) is 0 Å². The molecule has 0 fully saturated rings. The van der Waals surface area contributed by atoms with Crippen LogP contribution in [0.5, 0.6) is 0 Å². The van der Waals surface area contributed by atoms with Crippen LogP contribution in [0.4, 0.5) is 0 Å². The van der Waals surface area contributed by atoms with Gasteiger partial charge in [0.1, 0.15) is 0 Å².